The van der Waals surface area contributed by atoms with Crippen molar-refractivity contribution < 1.29 is 4.92 Å². The molecule has 0 aromatic heterocycles. The lowest BCUT2D eigenvalue weighted by atomic mass is 9.77. The van der Waals surface area contributed by atoms with Crippen LogP contribution in [-0.2, 0) is 0 Å². The van der Waals surface area contributed by atoms with Gasteiger partial charge in [0.15, 0.2) is 0 Å². The fourth-order valence-corrected chi connectivity index (χ4v) is 3.88. The van der Waals surface area contributed by atoms with Gasteiger partial charge in [0.05, 0.1) is 11.0 Å². The Morgan fingerprint density at radius 3 is 2.70 bits per heavy atom. The molecule has 1 aliphatic heterocycles. The molecule has 0 spiro atoms. The standard InChI is InChI=1S/C18H15ClN2O2/c19-12-9-7-11(8-10-12)17-14-4-1-3-13(14)15-5-2-6-16(21(22)23)18(15)20-17/h1-3,5-10,13-14,17,20H,4H2/t13-,14+,17-/m0/s1. The number of nitrogens with one attached hydrogen (secondary N) is 1. The van der Waals surface area contributed by atoms with Gasteiger partial charge in [-0.05, 0) is 35.6 Å². The summed E-state index contributed by atoms with van der Waals surface area (Å²) in [5.41, 5.74) is 2.91. The number of nitro groups is 1. The maximum Gasteiger partial charge on any atom is 0.292 e. The molecule has 1 heterocycles. The van der Waals surface area contributed by atoms with E-state index in [4.69, 9.17) is 11.6 Å². The molecule has 0 saturated carbocycles. The molecule has 0 saturated heterocycles. The first-order valence-electron chi connectivity index (χ1n) is 7.61. The van der Waals surface area contributed by atoms with Crippen LogP contribution in [0.1, 0.15) is 29.5 Å². The van der Waals surface area contributed by atoms with E-state index < -0.39 is 0 Å². The van der Waals surface area contributed by atoms with Gasteiger partial charge in [-0.2, -0.15) is 0 Å². The summed E-state index contributed by atoms with van der Waals surface area (Å²) < 4.78 is 0. The van der Waals surface area contributed by atoms with Crippen molar-refractivity contribution in [2.45, 2.75) is 18.4 Å². The Hall–Kier alpha value is -2.33. The van der Waals surface area contributed by atoms with E-state index in [1.54, 1.807) is 12.1 Å². The van der Waals surface area contributed by atoms with Crippen LogP contribution in [0.25, 0.3) is 0 Å². The highest BCUT2D eigenvalue weighted by atomic mass is 35.5. The van der Waals surface area contributed by atoms with E-state index in [0.717, 1.165) is 17.5 Å². The highest BCUT2D eigenvalue weighted by Gasteiger charge is 2.40. The van der Waals surface area contributed by atoms with Crippen LogP contribution >= 0.6 is 11.6 Å². The average Bonchev–Trinajstić information content (AvgIpc) is 3.04. The van der Waals surface area contributed by atoms with Crippen LogP contribution < -0.4 is 5.32 Å². The van der Waals surface area contributed by atoms with Crippen molar-refractivity contribution in [2.24, 2.45) is 5.92 Å². The second-order valence-corrected chi connectivity index (χ2v) is 6.46. The number of hydrogen-bond donors (Lipinski definition) is 1. The van der Waals surface area contributed by atoms with Gasteiger partial charge in [0, 0.05) is 17.0 Å². The number of anilines is 1. The zero-order chi connectivity index (χ0) is 16.0. The summed E-state index contributed by atoms with van der Waals surface area (Å²) in [4.78, 5) is 11.1. The molecule has 2 aromatic rings. The molecule has 3 atom stereocenters. The van der Waals surface area contributed by atoms with Crippen molar-refractivity contribution in [1.82, 2.24) is 0 Å². The highest BCUT2D eigenvalue weighted by Crippen LogP contribution is 2.51. The van der Waals surface area contributed by atoms with Crippen LogP contribution in [0.2, 0.25) is 5.02 Å². The van der Waals surface area contributed by atoms with E-state index in [1.165, 1.54) is 0 Å². The van der Waals surface area contributed by atoms with Gasteiger partial charge in [0.2, 0.25) is 0 Å². The van der Waals surface area contributed by atoms with Gasteiger partial charge < -0.3 is 5.32 Å². The summed E-state index contributed by atoms with van der Waals surface area (Å²) in [5.74, 6) is 0.581. The Balaban J connectivity index is 1.83. The van der Waals surface area contributed by atoms with E-state index in [0.29, 0.717) is 16.6 Å². The number of nitro benzene ring substituents is 1. The number of para-hydroxylation sites is 1. The Kier molecular flexibility index (Phi) is 3.34. The third kappa shape index (κ3) is 2.30. The molecule has 0 fully saturated rings. The first-order chi connectivity index (χ1) is 11.1. The second kappa shape index (κ2) is 5.39. The smallest absolute Gasteiger partial charge is 0.292 e. The molecule has 116 valence electrons. The SMILES string of the molecule is O=[N+]([O-])c1cccc2c1N[C@@H](c1ccc(Cl)cc1)[C@@H]1CC=C[C@H]21. The number of hydrogen-bond acceptors (Lipinski definition) is 3. The zero-order valence-electron chi connectivity index (χ0n) is 12.3. The van der Waals surface area contributed by atoms with Crippen LogP contribution in [0.3, 0.4) is 0 Å². The summed E-state index contributed by atoms with van der Waals surface area (Å²) in [6.07, 6.45) is 5.32. The minimum Gasteiger partial charge on any atom is -0.372 e. The lowest BCUT2D eigenvalue weighted by Crippen LogP contribution is -2.29. The molecule has 1 N–H and O–H groups in total. The van der Waals surface area contributed by atoms with Gasteiger partial charge in [-0.25, -0.2) is 0 Å². The maximum absolute atomic E-state index is 11.4. The largest absolute Gasteiger partial charge is 0.372 e. The predicted octanol–water partition coefficient (Wildman–Crippen LogP) is 5.07. The van der Waals surface area contributed by atoms with Crippen LogP contribution in [0, 0.1) is 16.0 Å². The van der Waals surface area contributed by atoms with Gasteiger partial charge in [-0.3, -0.25) is 10.1 Å². The third-order valence-corrected chi connectivity index (χ3v) is 5.05. The topological polar surface area (TPSA) is 55.2 Å². The van der Waals surface area contributed by atoms with Crippen molar-refractivity contribution in [2.75, 3.05) is 5.32 Å². The van der Waals surface area contributed by atoms with Crippen LogP contribution in [0.5, 0.6) is 0 Å². The van der Waals surface area contributed by atoms with E-state index in [2.05, 4.69) is 17.5 Å². The number of fused-ring (bicyclic) bond motifs is 3. The Labute approximate surface area is 138 Å². The lowest BCUT2D eigenvalue weighted by Gasteiger charge is -2.37. The van der Waals surface area contributed by atoms with Gasteiger partial charge >= 0.3 is 0 Å². The third-order valence-electron chi connectivity index (χ3n) is 4.80. The quantitative estimate of drug-likeness (QED) is 0.476. The number of nitrogens with zero attached hydrogens (tertiary/aromatic N) is 1. The van der Waals surface area contributed by atoms with Crippen molar-refractivity contribution >= 4 is 23.0 Å². The van der Waals surface area contributed by atoms with E-state index >= 15 is 0 Å². The van der Waals surface area contributed by atoms with Gasteiger partial charge in [0.25, 0.3) is 5.69 Å². The number of rotatable bonds is 2. The fraction of sp³-hybridized carbons (Fsp3) is 0.222. The summed E-state index contributed by atoms with van der Waals surface area (Å²) in [7, 11) is 0. The molecule has 4 nitrogen and oxygen atoms in total. The molecule has 1 aliphatic carbocycles. The molecule has 0 unspecified atom stereocenters. The second-order valence-electron chi connectivity index (χ2n) is 6.03. The van der Waals surface area contributed by atoms with E-state index in [-0.39, 0.29) is 22.6 Å². The van der Waals surface area contributed by atoms with Crippen LogP contribution in [-0.4, -0.2) is 4.92 Å². The zero-order valence-corrected chi connectivity index (χ0v) is 13.0. The van der Waals surface area contributed by atoms with Crippen molar-refractivity contribution in [3.8, 4) is 0 Å². The molecule has 0 amide bonds. The molecule has 23 heavy (non-hydrogen) atoms. The van der Waals surface area contributed by atoms with Gasteiger partial charge in [-0.15, -0.1) is 0 Å². The van der Waals surface area contributed by atoms with Crippen molar-refractivity contribution in [3.63, 3.8) is 0 Å². The normalized spacial score (nSPS) is 24.7. The van der Waals surface area contributed by atoms with Gasteiger partial charge in [0.1, 0.15) is 5.69 Å². The minimum absolute atomic E-state index is 0.0425. The number of allylic oxidation sites excluding steroid dienone is 2. The molecule has 2 aliphatic rings. The number of halogens is 1. The summed E-state index contributed by atoms with van der Waals surface area (Å²) in [6.45, 7) is 0. The predicted molar refractivity (Wildman–Crippen MR) is 90.9 cm³/mol. The first-order valence-corrected chi connectivity index (χ1v) is 7.99. The first kappa shape index (κ1) is 14.3. The lowest BCUT2D eigenvalue weighted by molar-refractivity contribution is -0.384. The number of benzene rings is 2. The summed E-state index contributed by atoms with van der Waals surface area (Å²) in [6, 6.07) is 13.1. The fourth-order valence-electron chi connectivity index (χ4n) is 3.76. The Bertz CT molecular complexity index is 801. The van der Waals surface area contributed by atoms with Gasteiger partial charge in [-0.1, -0.05) is 48.0 Å². The molecular formula is C18H15ClN2O2. The summed E-state index contributed by atoms with van der Waals surface area (Å²) in [5, 5.41) is 15.5. The molecule has 0 radical (unpaired) electrons. The monoisotopic (exact) mass is 326 g/mol. The molecule has 5 heteroatoms. The molecule has 4 rings (SSSR count). The Morgan fingerprint density at radius 2 is 1.96 bits per heavy atom. The van der Waals surface area contributed by atoms with E-state index in [1.807, 2.05) is 30.3 Å². The molecular weight excluding hydrogens is 312 g/mol. The minimum atomic E-state index is -0.316. The van der Waals surface area contributed by atoms with Crippen molar-refractivity contribution in [3.05, 3.63) is 80.9 Å². The van der Waals surface area contributed by atoms with Crippen LogP contribution in [0.15, 0.2) is 54.6 Å². The maximum atomic E-state index is 11.4. The molecule has 2 aromatic carbocycles. The average molecular weight is 327 g/mol. The van der Waals surface area contributed by atoms with Crippen molar-refractivity contribution in [1.29, 1.82) is 0 Å². The van der Waals surface area contributed by atoms with Crippen LogP contribution in [0.4, 0.5) is 11.4 Å². The Morgan fingerprint density at radius 1 is 1.17 bits per heavy atom. The highest BCUT2D eigenvalue weighted by molar-refractivity contribution is 6.30. The summed E-state index contributed by atoms with van der Waals surface area (Å²) >= 11 is 5.99. The van der Waals surface area contributed by atoms with E-state index in [9.17, 15) is 10.1 Å². The molecule has 0 bridgehead atoms.